The molecule has 2 nitrogen and oxygen atoms in total. The maximum atomic E-state index is 5.54. The highest BCUT2D eigenvalue weighted by Gasteiger charge is 2.01. The molecule has 0 aromatic carbocycles. The molecule has 3 heteroatoms. The Morgan fingerprint density at radius 3 is 3.07 bits per heavy atom. The second-order valence-electron chi connectivity index (χ2n) is 3.36. The van der Waals surface area contributed by atoms with E-state index in [1.165, 1.54) is 31.3 Å². The number of allylic oxidation sites excluding steroid dienone is 2. The van der Waals surface area contributed by atoms with Crippen LogP contribution in [0.25, 0.3) is 0 Å². The smallest absolute Gasteiger partial charge is 0.158 e. The largest absolute Gasteiger partial charge is 0.378 e. The lowest BCUT2D eigenvalue weighted by atomic mass is 10.2. The lowest BCUT2D eigenvalue weighted by molar-refractivity contribution is 0.729. The second-order valence-corrected chi connectivity index (χ2v) is 4.35. The SMILES string of the molecule is CCCCC/C=C/C1=CN=C(N)SC1. The van der Waals surface area contributed by atoms with Crippen LogP contribution in [0.2, 0.25) is 0 Å². The van der Waals surface area contributed by atoms with E-state index in [2.05, 4.69) is 24.1 Å². The fourth-order valence-corrected chi connectivity index (χ4v) is 1.83. The first-order valence-electron chi connectivity index (χ1n) is 5.14. The van der Waals surface area contributed by atoms with E-state index in [0.29, 0.717) is 5.17 Å². The molecule has 0 aliphatic carbocycles. The van der Waals surface area contributed by atoms with Crippen LogP contribution in [0.3, 0.4) is 0 Å². The molecule has 14 heavy (non-hydrogen) atoms. The minimum Gasteiger partial charge on any atom is -0.378 e. The van der Waals surface area contributed by atoms with E-state index >= 15 is 0 Å². The summed E-state index contributed by atoms with van der Waals surface area (Å²) in [7, 11) is 0. The summed E-state index contributed by atoms with van der Waals surface area (Å²) in [5.41, 5.74) is 6.80. The molecule has 78 valence electrons. The zero-order valence-electron chi connectivity index (χ0n) is 8.70. The summed E-state index contributed by atoms with van der Waals surface area (Å²) in [5, 5.41) is 0.674. The Morgan fingerprint density at radius 1 is 1.57 bits per heavy atom. The summed E-state index contributed by atoms with van der Waals surface area (Å²) in [4.78, 5) is 4.07. The van der Waals surface area contributed by atoms with Crippen LogP contribution < -0.4 is 5.73 Å². The van der Waals surface area contributed by atoms with E-state index < -0.39 is 0 Å². The minimum absolute atomic E-state index is 0.674. The summed E-state index contributed by atoms with van der Waals surface area (Å²) in [6, 6.07) is 0. The van der Waals surface area contributed by atoms with Gasteiger partial charge in [-0.15, -0.1) is 0 Å². The van der Waals surface area contributed by atoms with Crippen LogP contribution in [0.4, 0.5) is 0 Å². The fourth-order valence-electron chi connectivity index (χ4n) is 1.22. The first-order chi connectivity index (χ1) is 6.83. The molecule has 1 aliphatic rings. The van der Waals surface area contributed by atoms with Crippen LogP contribution in [0.15, 0.2) is 28.9 Å². The van der Waals surface area contributed by atoms with Crippen molar-refractivity contribution in [2.24, 2.45) is 10.7 Å². The lowest BCUT2D eigenvalue weighted by Crippen LogP contribution is -2.09. The van der Waals surface area contributed by atoms with Crippen molar-refractivity contribution in [2.75, 3.05) is 5.75 Å². The molecule has 0 bridgehead atoms. The Hall–Kier alpha value is -0.700. The molecular weight excluding hydrogens is 192 g/mol. The lowest BCUT2D eigenvalue weighted by Gasteiger charge is -2.05. The maximum Gasteiger partial charge on any atom is 0.158 e. The summed E-state index contributed by atoms with van der Waals surface area (Å²) >= 11 is 1.60. The first-order valence-corrected chi connectivity index (χ1v) is 6.13. The molecule has 0 amide bonds. The Labute approximate surface area is 90.4 Å². The van der Waals surface area contributed by atoms with Crippen LogP contribution in [0.5, 0.6) is 0 Å². The molecule has 0 radical (unpaired) electrons. The highest BCUT2D eigenvalue weighted by atomic mass is 32.2. The first kappa shape index (κ1) is 11.4. The van der Waals surface area contributed by atoms with Crippen LogP contribution >= 0.6 is 11.8 Å². The van der Waals surface area contributed by atoms with Gasteiger partial charge in [0.15, 0.2) is 5.17 Å². The van der Waals surface area contributed by atoms with E-state index in [1.54, 1.807) is 11.8 Å². The van der Waals surface area contributed by atoms with Crippen molar-refractivity contribution in [1.82, 2.24) is 0 Å². The monoisotopic (exact) mass is 210 g/mol. The van der Waals surface area contributed by atoms with Crippen LogP contribution in [0.1, 0.15) is 32.6 Å². The molecule has 0 aromatic heterocycles. The van der Waals surface area contributed by atoms with Gasteiger partial charge in [-0.3, -0.25) is 0 Å². The van der Waals surface area contributed by atoms with Crippen LogP contribution in [-0.4, -0.2) is 10.9 Å². The molecule has 0 saturated carbocycles. The Kier molecular flexibility index (Phi) is 5.45. The summed E-state index contributed by atoms with van der Waals surface area (Å²) in [6.45, 7) is 2.22. The Morgan fingerprint density at radius 2 is 2.43 bits per heavy atom. The zero-order valence-corrected chi connectivity index (χ0v) is 9.52. The van der Waals surface area contributed by atoms with E-state index in [1.807, 2.05) is 6.20 Å². The van der Waals surface area contributed by atoms with Gasteiger partial charge in [0.2, 0.25) is 0 Å². The molecule has 0 saturated heterocycles. The topological polar surface area (TPSA) is 38.4 Å². The van der Waals surface area contributed by atoms with Gasteiger partial charge in [-0.05, 0) is 18.4 Å². The maximum absolute atomic E-state index is 5.54. The molecular formula is C11H18N2S. The van der Waals surface area contributed by atoms with Crippen molar-refractivity contribution in [3.05, 3.63) is 23.9 Å². The molecule has 0 atom stereocenters. The van der Waals surface area contributed by atoms with Gasteiger partial charge in [0.1, 0.15) is 0 Å². The van der Waals surface area contributed by atoms with Gasteiger partial charge < -0.3 is 5.73 Å². The standard InChI is InChI=1S/C11H18N2S/c1-2-3-4-5-6-7-10-8-13-11(12)14-9-10/h6-8H,2-5,9H2,1H3,(H2,12,13)/b7-6+. The van der Waals surface area contributed by atoms with Gasteiger partial charge in [0.05, 0.1) is 0 Å². The zero-order chi connectivity index (χ0) is 10.2. The average Bonchev–Trinajstić information content (AvgIpc) is 2.21. The number of hydrogen-bond donors (Lipinski definition) is 1. The van der Waals surface area contributed by atoms with Crippen molar-refractivity contribution >= 4 is 16.9 Å². The molecule has 1 heterocycles. The number of nitrogens with zero attached hydrogens (tertiary/aromatic N) is 1. The van der Waals surface area contributed by atoms with Crippen molar-refractivity contribution in [3.8, 4) is 0 Å². The minimum atomic E-state index is 0.674. The normalized spacial score (nSPS) is 16.9. The quantitative estimate of drug-likeness (QED) is 0.708. The molecule has 0 fully saturated rings. The highest BCUT2D eigenvalue weighted by molar-refractivity contribution is 8.14. The van der Waals surface area contributed by atoms with Crippen molar-refractivity contribution in [2.45, 2.75) is 32.6 Å². The predicted molar refractivity (Wildman–Crippen MR) is 65.4 cm³/mol. The van der Waals surface area contributed by atoms with Gasteiger partial charge in [-0.2, -0.15) is 0 Å². The van der Waals surface area contributed by atoms with E-state index in [0.717, 1.165) is 5.75 Å². The summed E-state index contributed by atoms with van der Waals surface area (Å²) < 4.78 is 0. The third-order valence-electron chi connectivity index (χ3n) is 2.05. The third-order valence-corrected chi connectivity index (χ3v) is 2.93. The van der Waals surface area contributed by atoms with Crippen molar-refractivity contribution < 1.29 is 0 Å². The van der Waals surface area contributed by atoms with Gasteiger partial charge in [-0.25, -0.2) is 4.99 Å². The molecule has 2 N–H and O–H groups in total. The summed E-state index contributed by atoms with van der Waals surface area (Å²) in [5.74, 6) is 0.958. The summed E-state index contributed by atoms with van der Waals surface area (Å²) in [6.07, 6.45) is 11.3. The number of hydrogen-bond acceptors (Lipinski definition) is 3. The fraction of sp³-hybridized carbons (Fsp3) is 0.545. The Balaban J connectivity index is 2.23. The molecule has 1 rings (SSSR count). The number of aliphatic imine (C=N–C) groups is 1. The van der Waals surface area contributed by atoms with Gasteiger partial charge in [0.25, 0.3) is 0 Å². The van der Waals surface area contributed by atoms with E-state index in [-0.39, 0.29) is 0 Å². The molecule has 1 aliphatic heterocycles. The average molecular weight is 210 g/mol. The predicted octanol–water partition coefficient (Wildman–Crippen LogP) is 3.07. The van der Waals surface area contributed by atoms with E-state index in [9.17, 15) is 0 Å². The Bertz CT molecular complexity index is 254. The van der Waals surface area contributed by atoms with Gasteiger partial charge >= 0.3 is 0 Å². The van der Waals surface area contributed by atoms with Crippen molar-refractivity contribution in [1.29, 1.82) is 0 Å². The molecule has 0 spiro atoms. The number of rotatable bonds is 5. The number of amidine groups is 1. The number of nitrogens with two attached hydrogens (primary N) is 1. The van der Waals surface area contributed by atoms with Crippen molar-refractivity contribution in [3.63, 3.8) is 0 Å². The van der Waals surface area contributed by atoms with Gasteiger partial charge in [0, 0.05) is 12.0 Å². The van der Waals surface area contributed by atoms with Gasteiger partial charge in [-0.1, -0.05) is 43.7 Å². The number of thioether (sulfide) groups is 1. The van der Waals surface area contributed by atoms with Crippen LogP contribution in [0, 0.1) is 0 Å². The second kappa shape index (κ2) is 6.71. The molecule has 0 unspecified atom stereocenters. The van der Waals surface area contributed by atoms with E-state index in [4.69, 9.17) is 5.73 Å². The number of unbranched alkanes of at least 4 members (excludes halogenated alkanes) is 3. The third kappa shape index (κ3) is 4.51. The molecule has 0 aromatic rings. The van der Waals surface area contributed by atoms with Crippen LogP contribution in [-0.2, 0) is 0 Å². The highest BCUT2D eigenvalue weighted by Crippen LogP contribution is 2.15.